The van der Waals surface area contributed by atoms with Crippen molar-refractivity contribution in [3.05, 3.63) is 58.7 Å². The van der Waals surface area contributed by atoms with E-state index in [9.17, 15) is 8.42 Å². The highest BCUT2D eigenvalue weighted by Crippen LogP contribution is 2.23. The number of aromatic nitrogens is 4. The van der Waals surface area contributed by atoms with Crippen LogP contribution in [0, 0.1) is 34.6 Å². The van der Waals surface area contributed by atoms with Crippen LogP contribution in [0.25, 0.3) is 5.82 Å². The molecule has 0 bridgehead atoms. The molecular formula is C22H28N6O2S. The quantitative estimate of drug-likeness (QED) is 0.620. The fourth-order valence-electron chi connectivity index (χ4n) is 3.85. The highest BCUT2D eigenvalue weighted by atomic mass is 32.2. The number of piperazine rings is 1. The predicted octanol–water partition coefficient (Wildman–Crippen LogP) is 2.72. The first kappa shape index (κ1) is 21.5. The largest absolute Gasteiger partial charge is 0.354 e. The van der Waals surface area contributed by atoms with Crippen LogP contribution in [0.3, 0.4) is 0 Å². The zero-order chi connectivity index (χ0) is 22.3. The highest BCUT2D eigenvalue weighted by Gasteiger charge is 2.29. The van der Waals surface area contributed by atoms with Gasteiger partial charge in [-0.3, -0.25) is 0 Å². The molecule has 3 heterocycles. The lowest BCUT2D eigenvalue weighted by atomic mass is 10.1. The van der Waals surface area contributed by atoms with Crippen molar-refractivity contribution in [3.63, 3.8) is 0 Å². The van der Waals surface area contributed by atoms with Gasteiger partial charge in [-0.15, -0.1) is 0 Å². The maximum Gasteiger partial charge on any atom is 0.243 e. The van der Waals surface area contributed by atoms with Crippen molar-refractivity contribution >= 4 is 15.8 Å². The molecule has 1 aromatic carbocycles. The van der Waals surface area contributed by atoms with Crippen LogP contribution in [0.2, 0.25) is 0 Å². The summed E-state index contributed by atoms with van der Waals surface area (Å²) in [6.07, 6.45) is 0. The summed E-state index contributed by atoms with van der Waals surface area (Å²) in [5, 5.41) is 4.52. The Morgan fingerprint density at radius 1 is 0.806 bits per heavy atom. The summed E-state index contributed by atoms with van der Waals surface area (Å²) in [4.78, 5) is 11.6. The molecule has 1 saturated heterocycles. The molecular weight excluding hydrogens is 412 g/mol. The zero-order valence-corrected chi connectivity index (χ0v) is 19.4. The summed E-state index contributed by atoms with van der Waals surface area (Å²) >= 11 is 0. The summed E-state index contributed by atoms with van der Waals surface area (Å²) < 4.78 is 29.6. The van der Waals surface area contributed by atoms with E-state index in [0.29, 0.717) is 36.9 Å². The number of hydrogen-bond acceptors (Lipinski definition) is 6. The summed E-state index contributed by atoms with van der Waals surface area (Å²) in [5.74, 6) is 2.17. The Kier molecular flexibility index (Phi) is 5.57. The lowest BCUT2D eigenvalue weighted by Gasteiger charge is -2.34. The molecule has 0 unspecified atom stereocenters. The van der Waals surface area contributed by atoms with Gasteiger partial charge in [0.25, 0.3) is 0 Å². The number of sulfonamides is 1. The first-order valence-electron chi connectivity index (χ1n) is 10.4. The molecule has 0 radical (unpaired) electrons. The molecule has 1 aliphatic heterocycles. The Bertz CT molecular complexity index is 1230. The summed E-state index contributed by atoms with van der Waals surface area (Å²) in [6.45, 7) is 11.7. The Hall–Kier alpha value is -2.78. The van der Waals surface area contributed by atoms with Gasteiger partial charge in [0, 0.05) is 37.9 Å². The molecule has 4 rings (SSSR count). The molecule has 1 fully saturated rings. The number of benzene rings is 1. The van der Waals surface area contributed by atoms with Crippen molar-refractivity contribution in [2.75, 3.05) is 31.1 Å². The van der Waals surface area contributed by atoms with Crippen LogP contribution in [0.4, 0.5) is 5.82 Å². The monoisotopic (exact) mass is 440 g/mol. The van der Waals surface area contributed by atoms with Crippen molar-refractivity contribution in [2.24, 2.45) is 0 Å². The maximum atomic E-state index is 13.1. The normalized spacial score (nSPS) is 15.5. The molecule has 0 spiro atoms. The molecule has 0 aliphatic carbocycles. The summed E-state index contributed by atoms with van der Waals surface area (Å²) in [5.41, 5.74) is 4.00. The van der Waals surface area contributed by atoms with Crippen molar-refractivity contribution in [2.45, 2.75) is 39.5 Å². The minimum atomic E-state index is -3.51. The van der Waals surface area contributed by atoms with Crippen LogP contribution in [0.15, 0.2) is 35.2 Å². The van der Waals surface area contributed by atoms with Gasteiger partial charge in [-0.1, -0.05) is 6.07 Å². The molecule has 9 heteroatoms. The van der Waals surface area contributed by atoms with Crippen LogP contribution in [-0.2, 0) is 10.0 Å². The third kappa shape index (κ3) is 4.20. The smallest absolute Gasteiger partial charge is 0.243 e. The van der Waals surface area contributed by atoms with E-state index in [0.717, 1.165) is 34.2 Å². The maximum absolute atomic E-state index is 13.1. The topological polar surface area (TPSA) is 84.2 Å². The lowest BCUT2D eigenvalue weighted by molar-refractivity contribution is 0.383. The molecule has 8 nitrogen and oxygen atoms in total. The van der Waals surface area contributed by atoms with E-state index in [4.69, 9.17) is 0 Å². The van der Waals surface area contributed by atoms with E-state index in [-0.39, 0.29) is 0 Å². The average Bonchev–Trinajstić information content (AvgIpc) is 3.07. The van der Waals surface area contributed by atoms with E-state index in [2.05, 4.69) is 20.0 Å². The highest BCUT2D eigenvalue weighted by molar-refractivity contribution is 7.89. The number of hydrogen-bond donors (Lipinski definition) is 0. The second kappa shape index (κ2) is 8.05. The molecule has 0 N–H and O–H groups in total. The Balaban J connectivity index is 1.54. The molecule has 3 aromatic rings. The second-order valence-electron chi connectivity index (χ2n) is 8.11. The second-order valence-corrected chi connectivity index (χ2v) is 10.0. The van der Waals surface area contributed by atoms with Crippen molar-refractivity contribution in [1.82, 2.24) is 24.1 Å². The van der Waals surface area contributed by atoms with Crippen LogP contribution in [-0.4, -0.2) is 58.7 Å². The zero-order valence-electron chi connectivity index (χ0n) is 18.6. The molecule has 164 valence electrons. The fourth-order valence-corrected chi connectivity index (χ4v) is 5.36. The van der Waals surface area contributed by atoms with Gasteiger partial charge >= 0.3 is 0 Å². The van der Waals surface area contributed by atoms with Crippen molar-refractivity contribution < 1.29 is 8.42 Å². The summed E-state index contributed by atoms with van der Waals surface area (Å²) in [7, 11) is -3.51. The number of anilines is 1. The van der Waals surface area contributed by atoms with E-state index in [1.807, 2.05) is 57.5 Å². The van der Waals surface area contributed by atoms with E-state index in [1.54, 1.807) is 16.4 Å². The first-order valence-corrected chi connectivity index (χ1v) is 11.8. The Morgan fingerprint density at radius 3 is 2.10 bits per heavy atom. The number of rotatable bonds is 4. The molecule has 0 saturated carbocycles. The Labute approximate surface area is 183 Å². The number of nitrogens with zero attached hydrogens (tertiary/aromatic N) is 6. The van der Waals surface area contributed by atoms with E-state index in [1.165, 1.54) is 0 Å². The SMILES string of the molecule is Cc1cc(C)n(-c2cc(N3CCN(S(=O)(=O)c4ccc(C)c(C)c4)CC3)nc(C)n2)n1. The molecule has 1 aliphatic rings. The van der Waals surface area contributed by atoms with Gasteiger partial charge in [0.05, 0.1) is 10.6 Å². The van der Waals surface area contributed by atoms with Gasteiger partial charge in [-0.25, -0.2) is 23.1 Å². The molecule has 31 heavy (non-hydrogen) atoms. The molecule has 2 aromatic heterocycles. The average molecular weight is 441 g/mol. The van der Waals surface area contributed by atoms with Gasteiger partial charge in [-0.05, 0) is 63.9 Å². The Morgan fingerprint density at radius 2 is 1.48 bits per heavy atom. The third-order valence-corrected chi connectivity index (χ3v) is 7.61. The minimum Gasteiger partial charge on any atom is -0.354 e. The van der Waals surface area contributed by atoms with Crippen molar-refractivity contribution in [1.29, 1.82) is 0 Å². The fraction of sp³-hybridized carbons (Fsp3) is 0.409. The van der Waals surface area contributed by atoms with Gasteiger partial charge in [0.1, 0.15) is 11.6 Å². The van der Waals surface area contributed by atoms with Gasteiger partial charge in [0.15, 0.2) is 5.82 Å². The van der Waals surface area contributed by atoms with Crippen LogP contribution in [0.1, 0.15) is 28.3 Å². The molecule has 0 atom stereocenters. The van der Waals surface area contributed by atoms with Crippen molar-refractivity contribution in [3.8, 4) is 5.82 Å². The van der Waals surface area contributed by atoms with Gasteiger partial charge in [0.2, 0.25) is 10.0 Å². The third-order valence-electron chi connectivity index (χ3n) is 5.72. The predicted molar refractivity (Wildman–Crippen MR) is 120 cm³/mol. The lowest BCUT2D eigenvalue weighted by Crippen LogP contribution is -2.49. The van der Waals surface area contributed by atoms with Crippen LogP contribution < -0.4 is 4.90 Å². The standard InChI is InChI=1S/C22H28N6O2S/c1-15-6-7-20(12-16(15)2)31(29,30)27-10-8-26(9-11-27)21-14-22(24-19(5)23-21)28-18(4)13-17(3)25-28/h6-7,12-14H,8-11H2,1-5H3. The van der Waals surface area contributed by atoms with Gasteiger partial charge < -0.3 is 4.90 Å². The van der Waals surface area contributed by atoms with Crippen LogP contribution in [0.5, 0.6) is 0 Å². The number of aryl methyl sites for hydroxylation is 5. The van der Waals surface area contributed by atoms with E-state index < -0.39 is 10.0 Å². The minimum absolute atomic E-state index is 0.355. The summed E-state index contributed by atoms with van der Waals surface area (Å²) in [6, 6.07) is 9.24. The molecule has 0 amide bonds. The van der Waals surface area contributed by atoms with Crippen LogP contribution >= 0.6 is 0 Å². The van der Waals surface area contributed by atoms with Gasteiger partial charge in [-0.2, -0.15) is 9.40 Å². The van der Waals surface area contributed by atoms with E-state index >= 15 is 0 Å². The first-order chi connectivity index (χ1) is 14.6.